The lowest BCUT2D eigenvalue weighted by molar-refractivity contribution is 0.214. The van der Waals surface area contributed by atoms with E-state index >= 15 is 0 Å². The molecule has 0 spiro atoms. The Labute approximate surface area is 158 Å². The van der Waals surface area contributed by atoms with E-state index in [0.29, 0.717) is 5.92 Å². The molecule has 0 radical (unpaired) electrons. The first-order chi connectivity index (χ1) is 11.4. The third-order valence-electron chi connectivity index (χ3n) is 4.94. The summed E-state index contributed by atoms with van der Waals surface area (Å²) in [5.41, 5.74) is 2.79. The van der Waals surface area contributed by atoms with E-state index < -0.39 is 0 Å². The first-order valence-electron chi connectivity index (χ1n) is 8.51. The third kappa shape index (κ3) is 3.88. The summed E-state index contributed by atoms with van der Waals surface area (Å²) < 4.78 is 6.09. The minimum absolute atomic E-state index is 0. The Kier molecular flexibility index (Phi) is 6.04. The Morgan fingerprint density at radius 1 is 0.958 bits per heavy atom. The van der Waals surface area contributed by atoms with Gasteiger partial charge in [0.25, 0.3) is 0 Å². The van der Waals surface area contributed by atoms with Crippen LogP contribution in [-0.2, 0) is 6.42 Å². The van der Waals surface area contributed by atoms with Crippen LogP contribution >= 0.6 is 28.5 Å². The molecule has 4 rings (SSSR count). The molecule has 0 N–H and O–H groups in total. The fourth-order valence-corrected chi connectivity index (χ4v) is 4.42. The first-order valence-corrected chi connectivity index (χ1v) is 9.28. The maximum atomic E-state index is 4.76. The molecule has 1 aliphatic heterocycles. The van der Waals surface area contributed by atoms with E-state index in [1.807, 2.05) is 0 Å². The number of aromatic nitrogens is 1. The number of hydrogen-bond acceptors (Lipinski definition) is 3. The van der Waals surface area contributed by atoms with Gasteiger partial charge in [0, 0.05) is 17.8 Å². The van der Waals surface area contributed by atoms with Crippen molar-refractivity contribution in [1.82, 2.24) is 9.27 Å². The largest absolute Gasteiger partial charge is 0.303 e. The van der Waals surface area contributed by atoms with Crippen LogP contribution in [0.2, 0.25) is 0 Å². The molecule has 0 atom stereocenters. The molecule has 2 heterocycles. The van der Waals surface area contributed by atoms with Gasteiger partial charge in [-0.2, -0.15) is 4.37 Å². The number of nitrogens with zero attached hydrogens (tertiary/aromatic N) is 2. The predicted octanol–water partition coefficient (Wildman–Crippen LogP) is 5.30. The molecular formula is C20H23BrN2S. The highest BCUT2D eigenvalue weighted by Gasteiger charge is 2.23. The molecule has 0 bridgehead atoms. The van der Waals surface area contributed by atoms with Gasteiger partial charge in [0.05, 0.1) is 10.4 Å². The summed E-state index contributed by atoms with van der Waals surface area (Å²) in [7, 11) is 0. The van der Waals surface area contributed by atoms with Gasteiger partial charge in [0.1, 0.15) is 0 Å². The summed E-state index contributed by atoms with van der Waals surface area (Å²) in [6, 6.07) is 19.5. The monoisotopic (exact) mass is 402 g/mol. The Hall–Kier alpha value is -1.23. The molecule has 1 aromatic heterocycles. The van der Waals surface area contributed by atoms with Crippen LogP contribution in [-0.4, -0.2) is 28.9 Å². The maximum absolute atomic E-state index is 4.76. The summed E-state index contributed by atoms with van der Waals surface area (Å²) >= 11 is 1.65. The minimum atomic E-state index is 0. The van der Waals surface area contributed by atoms with Crippen LogP contribution in [0, 0.1) is 0 Å². The Balaban J connectivity index is 0.00000169. The van der Waals surface area contributed by atoms with Crippen molar-refractivity contribution < 1.29 is 0 Å². The zero-order valence-electron chi connectivity index (χ0n) is 13.7. The van der Waals surface area contributed by atoms with Gasteiger partial charge in [0.2, 0.25) is 0 Å². The van der Waals surface area contributed by atoms with Crippen LogP contribution in [0.3, 0.4) is 0 Å². The molecule has 0 aliphatic carbocycles. The molecule has 2 nitrogen and oxygen atoms in total. The summed E-state index contributed by atoms with van der Waals surface area (Å²) in [5, 5.41) is 1.38. The second-order valence-electron chi connectivity index (χ2n) is 6.42. The Morgan fingerprint density at radius 3 is 2.46 bits per heavy atom. The van der Waals surface area contributed by atoms with Crippen molar-refractivity contribution in [1.29, 1.82) is 0 Å². The van der Waals surface area contributed by atoms with Gasteiger partial charge in [-0.1, -0.05) is 48.5 Å². The molecule has 4 heteroatoms. The number of fused-ring (bicyclic) bond motifs is 1. The third-order valence-corrected chi connectivity index (χ3v) is 5.78. The van der Waals surface area contributed by atoms with Crippen LogP contribution in [0.1, 0.15) is 30.0 Å². The minimum Gasteiger partial charge on any atom is -0.303 e. The molecule has 0 saturated carbocycles. The molecule has 126 valence electrons. The summed E-state index contributed by atoms with van der Waals surface area (Å²) in [4.78, 5) is 2.61. The number of rotatable bonds is 4. The fraction of sp³-hybridized carbons (Fsp3) is 0.350. The lowest BCUT2D eigenvalue weighted by Gasteiger charge is -2.31. The number of likely N-dealkylation sites (tertiary alicyclic amines) is 1. The van der Waals surface area contributed by atoms with Crippen LogP contribution in [0.4, 0.5) is 0 Å². The highest BCUT2D eigenvalue weighted by Crippen LogP contribution is 2.34. The standard InChI is InChI=1S/C20H22N2S.BrH/c1-2-6-16(7-3-1)10-13-22-14-11-17(12-15-22)20-18-8-4-5-9-19(18)23-21-20;/h1-9,17H,10-15H2;1H. The quantitative estimate of drug-likeness (QED) is 0.588. The normalized spacial score (nSPS) is 16.2. The SMILES string of the molecule is Br.c1ccc(CCN2CCC(c3nsc4ccccc34)CC2)cc1. The molecule has 24 heavy (non-hydrogen) atoms. The van der Waals surface area contributed by atoms with Crippen molar-refractivity contribution in [3.05, 3.63) is 65.9 Å². The molecule has 0 unspecified atom stereocenters. The number of hydrogen-bond donors (Lipinski definition) is 0. The molecule has 1 saturated heterocycles. The molecular weight excluding hydrogens is 380 g/mol. The zero-order chi connectivity index (χ0) is 15.5. The number of benzene rings is 2. The lowest BCUT2D eigenvalue weighted by Crippen LogP contribution is -2.34. The predicted molar refractivity (Wildman–Crippen MR) is 109 cm³/mol. The van der Waals surface area contributed by atoms with Crippen LogP contribution in [0.5, 0.6) is 0 Å². The van der Waals surface area contributed by atoms with Gasteiger partial charge in [-0.25, -0.2) is 0 Å². The first kappa shape index (κ1) is 17.6. The van der Waals surface area contributed by atoms with E-state index in [-0.39, 0.29) is 17.0 Å². The topological polar surface area (TPSA) is 16.1 Å². The number of halogens is 1. The molecule has 3 aromatic rings. The molecule has 1 aliphatic rings. The van der Waals surface area contributed by atoms with Gasteiger partial charge in [0.15, 0.2) is 0 Å². The van der Waals surface area contributed by atoms with Crippen molar-refractivity contribution in [3.63, 3.8) is 0 Å². The zero-order valence-corrected chi connectivity index (χ0v) is 16.3. The van der Waals surface area contributed by atoms with E-state index in [0.717, 1.165) is 6.42 Å². The second kappa shape index (κ2) is 8.24. The Bertz CT molecular complexity index is 763. The second-order valence-corrected chi connectivity index (χ2v) is 7.22. The molecule has 1 fully saturated rings. The average molecular weight is 403 g/mol. The Morgan fingerprint density at radius 2 is 1.67 bits per heavy atom. The van der Waals surface area contributed by atoms with Crippen LogP contribution < -0.4 is 0 Å². The van der Waals surface area contributed by atoms with E-state index in [2.05, 4.69) is 59.5 Å². The average Bonchev–Trinajstić information content (AvgIpc) is 3.05. The van der Waals surface area contributed by atoms with Crippen LogP contribution in [0.25, 0.3) is 10.1 Å². The molecule has 0 amide bonds. The smallest absolute Gasteiger partial charge is 0.0652 e. The van der Waals surface area contributed by atoms with Crippen molar-refractivity contribution in [3.8, 4) is 0 Å². The van der Waals surface area contributed by atoms with Crippen molar-refractivity contribution in [2.45, 2.75) is 25.2 Å². The highest BCUT2D eigenvalue weighted by atomic mass is 79.9. The van der Waals surface area contributed by atoms with Gasteiger partial charge in [-0.15, -0.1) is 17.0 Å². The van der Waals surface area contributed by atoms with Gasteiger partial charge in [-0.3, -0.25) is 0 Å². The highest BCUT2D eigenvalue weighted by molar-refractivity contribution is 8.93. The fourth-order valence-electron chi connectivity index (χ4n) is 3.56. The van der Waals surface area contributed by atoms with E-state index in [1.54, 1.807) is 11.5 Å². The van der Waals surface area contributed by atoms with E-state index in [4.69, 9.17) is 4.37 Å². The lowest BCUT2D eigenvalue weighted by atomic mass is 9.91. The number of piperidine rings is 1. The summed E-state index contributed by atoms with van der Waals surface area (Å²) in [6.45, 7) is 3.57. The van der Waals surface area contributed by atoms with Crippen LogP contribution in [0.15, 0.2) is 54.6 Å². The van der Waals surface area contributed by atoms with Gasteiger partial charge < -0.3 is 4.90 Å². The van der Waals surface area contributed by atoms with E-state index in [9.17, 15) is 0 Å². The van der Waals surface area contributed by atoms with Gasteiger partial charge in [-0.05, 0) is 55.5 Å². The summed E-state index contributed by atoms with van der Waals surface area (Å²) in [6.07, 6.45) is 3.64. The summed E-state index contributed by atoms with van der Waals surface area (Å²) in [5.74, 6) is 0.638. The van der Waals surface area contributed by atoms with E-state index in [1.165, 1.54) is 53.8 Å². The van der Waals surface area contributed by atoms with Crippen molar-refractivity contribution in [2.75, 3.05) is 19.6 Å². The van der Waals surface area contributed by atoms with Crippen molar-refractivity contribution >= 4 is 38.6 Å². The maximum Gasteiger partial charge on any atom is 0.0652 e. The molecule has 2 aromatic carbocycles. The van der Waals surface area contributed by atoms with Gasteiger partial charge >= 0.3 is 0 Å². The van der Waals surface area contributed by atoms with Crippen molar-refractivity contribution in [2.24, 2.45) is 0 Å².